The van der Waals surface area contributed by atoms with Gasteiger partial charge in [0.1, 0.15) is 0 Å². The summed E-state index contributed by atoms with van der Waals surface area (Å²) in [6, 6.07) is 5.87. The molecule has 0 fully saturated rings. The van der Waals surface area contributed by atoms with Gasteiger partial charge in [-0.2, -0.15) is 3.71 Å². The molecule has 0 saturated heterocycles. The first kappa shape index (κ1) is 13.0. The maximum Gasteiger partial charge on any atom is 0.245 e. The molecule has 1 aromatic rings. The smallest absolute Gasteiger partial charge is 0.206 e. The van der Waals surface area contributed by atoms with Crippen molar-refractivity contribution in [2.45, 2.75) is 0 Å². The van der Waals surface area contributed by atoms with Gasteiger partial charge in [0, 0.05) is 0 Å². The van der Waals surface area contributed by atoms with E-state index in [9.17, 15) is 16.8 Å². The SMILES string of the molecule is [CH2]c1ccc(N(S(C)(=O)=O)S(C)(=O)=O)cc1. The molecular weight excluding hydrogens is 250 g/mol. The highest BCUT2D eigenvalue weighted by atomic mass is 32.3. The van der Waals surface area contributed by atoms with Crippen LogP contribution in [0, 0.1) is 6.92 Å². The van der Waals surface area contributed by atoms with Crippen molar-refractivity contribution in [3.05, 3.63) is 36.8 Å². The van der Waals surface area contributed by atoms with Crippen molar-refractivity contribution in [1.29, 1.82) is 0 Å². The molecule has 0 saturated carbocycles. The molecular formula is C9H12NO4S2. The summed E-state index contributed by atoms with van der Waals surface area (Å²) in [7, 11) is -7.73. The molecule has 0 N–H and O–H groups in total. The second kappa shape index (κ2) is 4.06. The first-order valence-corrected chi connectivity index (χ1v) is 7.94. The summed E-state index contributed by atoms with van der Waals surface area (Å²) in [6.45, 7) is 3.63. The van der Waals surface area contributed by atoms with Crippen LogP contribution in [-0.2, 0) is 20.0 Å². The lowest BCUT2D eigenvalue weighted by atomic mass is 10.2. The van der Waals surface area contributed by atoms with Gasteiger partial charge in [0.2, 0.25) is 20.0 Å². The van der Waals surface area contributed by atoms with Crippen LogP contribution in [0.4, 0.5) is 5.69 Å². The van der Waals surface area contributed by atoms with Crippen LogP contribution in [0.5, 0.6) is 0 Å². The van der Waals surface area contributed by atoms with Crippen LogP contribution in [0.25, 0.3) is 0 Å². The van der Waals surface area contributed by atoms with Crippen molar-refractivity contribution in [1.82, 2.24) is 0 Å². The Morgan fingerprint density at radius 1 is 0.938 bits per heavy atom. The molecule has 16 heavy (non-hydrogen) atoms. The van der Waals surface area contributed by atoms with Crippen LogP contribution in [0.1, 0.15) is 5.56 Å². The molecule has 0 aromatic heterocycles. The lowest BCUT2D eigenvalue weighted by Gasteiger charge is -2.19. The van der Waals surface area contributed by atoms with Gasteiger partial charge >= 0.3 is 0 Å². The quantitative estimate of drug-likeness (QED) is 0.799. The number of hydrogen-bond donors (Lipinski definition) is 0. The summed E-state index contributed by atoms with van der Waals surface area (Å²) in [5.41, 5.74) is 0.753. The maximum absolute atomic E-state index is 11.4. The molecule has 0 aliphatic rings. The van der Waals surface area contributed by atoms with E-state index in [1.165, 1.54) is 12.1 Å². The number of sulfonamides is 2. The molecule has 1 rings (SSSR count). The molecule has 0 amide bonds. The highest BCUT2D eigenvalue weighted by Gasteiger charge is 2.26. The van der Waals surface area contributed by atoms with Crippen LogP contribution >= 0.6 is 0 Å². The molecule has 0 bridgehead atoms. The fraction of sp³-hybridized carbons (Fsp3) is 0.222. The lowest BCUT2D eigenvalue weighted by molar-refractivity contribution is 0.590. The summed E-state index contributed by atoms with van der Waals surface area (Å²) in [4.78, 5) is 0. The standard InChI is InChI=1S/C9H12NO4S2/c1-8-4-6-9(7-5-8)10(15(2,11)12)16(3,13)14/h4-7H,1H2,2-3H3. The number of hydrogen-bond acceptors (Lipinski definition) is 4. The van der Waals surface area contributed by atoms with E-state index in [2.05, 4.69) is 6.92 Å². The Bertz CT molecular complexity index is 540. The van der Waals surface area contributed by atoms with Crippen LogP contribution in [0.15, 0.2) is 24.3 Å². The van der Waals surface area contributed by atoms with Crippen LogP contribution in [0.3, 0.4) is 0 Å². The molecule has 0 aliphatic heterocycles. The summed E-state index contributed by atoms with van der Waals surface area (Å²) in [6.07, 6.45) is 1.68. The van der Waals surface area contributed by atoms with E-state index in [0.29, 0.717) is 9.27 Å². The number of nitrogens with zero attached hydrogens (tertiary/aromatic N) is 1. The molecule has 1 radical (unpaired) electrons. The zero-order valence-corrected chi connectivity index (χ0v) is 10.5. The second-order valence-electron chi connectivity index (χ2n) is 3.39. The van der Waals surface area contributed by atoms with Crippen LogP contribution in [0.2, 0.25) is 0 Å². The Morgan fingerprint density at radius 2 is 1.31 bits per heavy atom. The average Bonchev–Trinajstić information content (AvgIpc) is 2.03. The molecule has 89 valence electrons. The number of anilines is 1. The summed E-state index contributed by atoms with van der Waals surface area (Å²) in [5, 5.41) is 0. The Hall–Kier alpha value is -1.08. The van der Waals surface area contributed by atoms with Crippen molar-refractivity contribution in [2.24, 2.45) is 0 Å². The van der Waals surface area contributed by atoms with Crippen LogP contribution < -0.4 is 3.71 Å². The normalized spacial score (nSPS) is 12.4. The molecule has 0 heterocycles. The number of rotatable bonds is 3. The Balaban J connectivity index is 3.41. The predicted octanol–water partition coefficient (Wildman–Crippen LogP) is 0.594. The molecule has 1 aromatic carbocycles. The number of benzene rings is 1. The minimum absolute atomic E-state index is 0.0809. The summed E-state index contributed by atoms with van der Waals surface area (Å²) >= 11 is 0. The van der Waals surface area contributed by atoms with Gasteiger partial charge in [0.25, 0.3) is 0 Å². The van der Waals surface area contributed by atoms with Crippen molar-refractivity contribution >= 4 is 25.7 Å². The van der Waals surface area contributed by atoms with Crippen molar-refractivity contribution < 1.29 is 16.8 Å². The first-order valence-electron chi connectivity index (χ1n) is 4.25. The summed E-state index contributed by atoms with van der Waals surface area (Å²) < 4.78 is 46.0. The van der Waals surface area contributed by atoms with E-state index in [0.717, 1.165) is 12.5 Å². The molecule has 5 nitrogen and oxygen atoms in total. The highest BCUT2D eigenvalue weighted by molar-refractivity contribution is 8.09. The predicted molar refractivity (Wildman–Crippen MR) is 63.1 cm³/mol. The van der Waals surface area contributed by atoms with Crippen molar-refractivity contribution in [3.8, 4) is 0 Å². The topological polar surface area (TPSA) is 71.5 Å². The van der Waals surface area contributed by atoms with E-state index in [1.807, 2.05) is 0 Å². The third-order valence-electron chi connectivity index (χ3n) is 1.75. The highest BCUT2D eigenvalue weighted by Crippen LogP contribution is 2.20. The van der Waals surface area contributed by atoms with Gasteiger partial charge in [-0.3, -0.25) is 0 Å². The lowest BCUT2D eigenvalue weighted by Crippen LogP contribution is -2.35. The molecule has 0 unspecified atom stereocenters. The minimum Gasteiger partial charge on any atom is -0.206 e. The molecule has 7 heteroatoms. The van der Waals surface area contributed by atoms with Gasteiger partial charge in [0.05, 0.1) is 18.2 Å². The van der Waals surface area contributed by atoms with Gasteiger partial charge in [-0.05, 0) is 24.6 Å². The van der Waals surface area contributed by atoms with Gasteiger partial charge in [-0.15, -0.1) is 0 Å². The maximum atomic E-state index is 11.4. The monoisotopic (exact) mass is 262 g/mol. The van der Waals surface area contributed by atoms with Crippen LogP contribution in [-0.4, -0.2) is 29.3 Å². The van der Waals surface area contributed by atoms with E-state index in [4.69, 9.17) is 0 Å². The fourth-order valence-electron chi connectivity index (χ4n) is 1.25. The van der Waals surface area contributed by atoms with Gasteiger partial charge in [-0.1, -0.05) is 12.1 Å². The molecule has 0 aliphatic carbocycles. The second-order valence-corrected chi connectivity index (χ2v) is 7.28. The summed E-state index contributed by atoms with van der Waals surface area (Å²) in [5.74, 6) is 0. The van der Waals surface area contributed by atoms with Gasteiger partial charge in [0.15, 0.2) is 0 Å². The first-order chi connectivity index (χ1) is 7.12. The van der Waals surface area contributed by atoms with Gasteiger partial charge < -0.3 is 0 Å². The Kier molecular flexibility index (Phi) is 3.30. The van der Waals surface area contributed by atoms with E-state index >= 15 is 0 Å². The third kappa shape index (κ3) is 2.96. The largest absolute Gasteiger partial charge is 0.245 e. The molecule has 0 atom stereocenters. The Morgan fingerprint density at radius 3 is 1.62 bits per heavy atom. The van der Waals surface area contributed by atoms with E-state index < -0.39 is 20.0 Å². The van der Waals surface area contributed by atoms with Crippen molar-refractivity contribution in [3.63, 3.8) is 0 Å². The third-order valence-corrected chi connectivity index (χ3v) is 5.00. The zero-order chi connectivity index (χ0) is 12.6. The van der Waals surface area contributed by atoms with E-state index in [-0.39, 0.29) is 5.69 Å². The average molecular weight is 262 g/mol. The Labute approximate surface area is 95.8 Å². The minimum atomic E-state index is -3.86. The molecule has 0 spiro atoms. The van der Waals surface area contributed by atoms with E-state index in [1.54, 1.807) is 12.1 Å². The van der Waals surface area contributed by atoms with Gasteiger partial charge in [-0.25, -0.2) is 16.8 Å². The zero-order valence-electron chi connectivity index (χ0n) is 8.91. The van der Waals surface area contributed by atoms with Crippen molar-refractivity contribution in [2.75, 3.05) is 16.2 Å². The fourth-order valence-corrected chi connectivity index (χ4v) is 4.22.